The maximum absolute atomic E-state index is 13.5. The van der Waals surface area contributed by atoms with Crippen LogP contribution in [-0.4, -0.2) is 29.9 Å². The molecule has 3 rings (SSSR count). The maximum Gasteiger partial charge on any atom is 0.188 e. The largest absolute Gasteiger partial charge is 0.471 e. The molecule has 0 N–H and O–H groups in total. The van der Waals surface area contributed by atoms with Gasteiger partial charge >= 0.3 is 0 Å². The number of hydrogen-bond acceptors (Lipinski definition) is 5. The van der Waals surface area contributed by atoms with E-state index in [9.17, 15) is 4.79 Å². The summed E-state index contributed by atoms with van der Waals surface area (Å²) in [4.78, 5) is 18.0. The molecule has 1 aliphatic rings. The Bertz CT molecular complexity index is 956. The molecule has 33 heavy (non-hydrogen) atoms. The zero-order chi connectivity index (χ0) is 23.8. The van der Waals surface area contributed by atoms with Gasteiger partial charge in [0.05, 0.1) is 10.6 Å². The van der Waals surface area contributed by atoms with E-state index in [4.69, 9.17) is 9.47 Å². The van der Waals surface area contributed by atoms with Crippen molar-refractivity contribution in [2.75, 3.05) is 19.2 Å². The van der Waals surface area contributed by atoms with Crippen molar-refractivity contribution in [3.05, 3.63) is 64.0 Å². The van der Waals surface area contributed by atoms with Crippen molar-refractivity contribution in [1.82, 2.24) is 4.98 Å². The standard InChI is InChI=1S/C28H37NO3S/c1-6-22-13-20(5)14-23(7-2)27(22)28-24(30)15-21(16-25(28)32-18-31-8-3)11-12-33-26-10-9-19(4)17-29-26/h9-10,13-14,17,21H,6-8,11-12,15-16,18H2,1-5H3. The molecule has 1 atom stereocenters. The third kappa shape index (κ3) is 6.70. The summed E-state index contributed by atoms with van der Waals surface area (Å²) >= 11 is 1.75. The lowest BCUT2D eigenvalue weighted by Crippen LogP contribution is -2.22. The molecule has 1 aromatic heterocycles. The van der Waals surface area contributed by atoms with Crippen LogP contribution in [0.1, 0.15) is 67.9 Å². The van der Waals surface area contributed by atoms with Crippen LogP contribution in [0, 0.1) is 19.8 Å². The highest BCUT2D eigenvalue weighted by Gasteiger charge is 2.32. The maximum atomic E-state index is 13.5. The lowest BCUT2D eigenvalue weighted by Gasteiger charge is -2.28. The number of ether oxygens (including phenoxy) is 2. The summed E-state index contributed by atoms with van der Waals surface area (Å²) in [7, 11) is 0. The molecule has 0 saturated carbocycles. The Hall–Kier alpha value is -2.11. The van der Waals surface area contributed by atoms with E-state index in [1.165, 1.54) is 22.3 Å². The Morgan fingerprint density at radius 1 is 1.03 bits per heavy atom. The molecule has 1 heterocycles. The molecule has 0 bridgehead atoms. The SMILES string of the molecule is CCOCOC1=C(c2c(CC)cc(C)cc2CC)C(=O)CC(CCSc2ccc(C)cn2)C1. The first-order valence-corrected chi connectivity index (χ1v) is 13.1. The van der Waals surface area contributed by atoms with E-state index in [-0.39, 0.29) is 18.5 Å². The van der Waals surface area contributed by atoms with Gasteiger partial charge in [0.1, 0.15) is 5.76 Å². The van der Waals surface area contributed by atoms with Crippen LogP contribution in [0.15, 0.2) is 41.2 Å². The van der Waals surface area contributed by atoms with E-state index in [2.05, 4.69) is 50.0 Å². The van der Waals surface area contributed by atoms with E-state index in [1.54, 1.807) is 11.8 Å². The first-order valence-electron chi connectivity index (χ1n) is 12.1. The number of rotatable bonds is 11. The summed E-state index contributed by atoms with van der Waals surface area (Å²) in [5, 5.41) is 1.03. The molecule has 1 aromatic carbocycles. The Morgan fingerprint density at radius 2 is 1.76 bits per heavy atom. The number of carbonyl (C=O) groups is 1. The summed E-state index contributed by atoms with van der Waals surface area (Å²) in [5.74, 6) is 2.21. The Kier molecular flexibility index (Phi) is 9.57. The highest BCUT2D eigenvalue weighted by atomic mass is 32.2. The van der Waals surface area contributed by atoms with E-state index in [0.717, 1.165) is 53.4 Å². The van der Waals surface area contributed by atoms with Crippen molar-refractivity contribution in [3.8, 4) is 0 Å². The van der Waals surface area contributed by atoms with E-state index < -0.39 is 0 Å². The molecular formula is C28H37NO3S. The molecule has 0 spiro atoms. The second-order valence-electron chi connectivity index (χ2n) is 8.73. The first kappa shape index (κ1) is 25.5. The molecule has 0 saturated heterocycles. The van der Waals surface area contributed by atoms with Crippen molar-refractivity contribution in [2.45, 2.75) is 71.7 Å². The summed E-state index contributed by atoms with van der Waals surface area (Å²) < 4.78 is 11.6. The van der Waals surface area contributed by atoms with E-state index >= 15 is 0 Å². The third-order valence-electron chi connectivity index (χ3n) is 6.14. The van der Waals surface area contributed by atoms with Gasteiger partial charge in [0.25, 0.3) is 0 Å². The molecular weight excluding hydrogens is 430 g/mol. The number of allylic oxidation sites excluding steroid dienone is 2. The van der Waals surface area contributed by atoms with Crippen LogP contribution in [0.3, 0.4) is 0 Å². The zero-order valence-corrected chi connectivity index (χ0v) is 21.5. The smallest absolute Gasteiger partial charge is 0.188 e. The molecule has 0 fully saturated rings. The minimum absolute atomic E-state index is 0.187. The predicted molar refractivity (Wildman–Crippen MR) is 136 cm³/mol. The second kappa shape index (κ2) is 12.4. The van der Waals surface area contributed by atoms with Crippen LogP contribution in [0.4, 0.5) is 0 Å². The summed E-state index contributed by atoms with van der Waals surface area (Å²) in [6.45, 7) is 11.2. The molecule has 5 heteroatoms. The highest BCUT2D eigenvalue weighted by molar-refractivity contribution is 7.99. The number of Topliss-reactive ketones (excluding diaryl/α,β-unsaturated/α-hetero) is 1. The number of ketones is 1. The average molecular weight is 468 g/mol. The third-order valence-corrected chi connectivity index (χ3v) is 7.12. The quantitative estimate of drug-likeness (QED) is 0.209. The first-order chi connectivity index (χ1) is 16.0. The van der Waals surface area contributed by atoms with Gasteiger partial charge in [-0.15, -0.1) is 11.8 Å². The Labute approximate surface area is 203 Å². The number of benzene rings is 1. The fourth-order valence-electron chi connectivity index (χ4n) is 4.46. The summed E-state index contributed by atoms with van der Waals surface area (Å²) in [6, 6.07) is 8.58. The van der Waals surface area contributed by atoms with Gasteiger partial charge in [-0.2, -0.15) is 0 Å². The van der Waals surface area contributed by atoms with Gasteiger partial charge in [0.15, 0.2) is 12.6 Å². The van der Waals surface area contributed by atoms with E-state index in [0.29, 0.717) is 13.0 Å². The highest BCUT2D eigenvalue weighted by Crippen LogP contribution is 2.39. The van der Waals surface area contributed by atoms with Crippen LogP contribution in [0.5, 0.6) is 0 Å². The summed E-state index contributed by atoms with van der Waals surface area (Å²) in [6.07, 6.45) is 5.98. The number of carbonyl (C=O) groups excluding carboxylic acids is 1. The molecule has 0 aliphatic heterocycles. The predicted octanol–water partition coefficient (Wildman–Crippen LogP) is 6.71. The van der Waals surface area contributed by atoms with Crippen molar-refractivity contribution < 1.29 is 14.3 Å². The number of hydrogen-bond donors (Lipinski definition) is 0. The number of aromatic nitrogens is 1. The molecule has 0 radical (unpaired) electrons. The monoisotopic (exact) mass is 467 g/mol. The zero-order valence-electron chi connectivity index (χ0n) is 20.7. The second-order valence-corrected chi connectivity index (χ2v) is 9.84. The topological polar surface area (TPSA) is 48.4 Å². The van der Waals surface area contributed by atoms with Crippen LogP contribution in [0.2, 0.25) is 0 Å². The summed E-state index contributed by atoms with van der Waals surface area (Å²) in [5.41, 5.74) is 6.75. The van der Waals surface area contributed by atoms with Crippen LogP contribution in [-0.2, 0) is 27.1 Å². The molecule has 1 aliphatic carbocycles. The molecule has 178 valence electrons. The van der Waals surface area contributed by atoms with Gasteiger partial charge in [0.2, 0.25) is 0 Å². The van der Waals surface area contributed by atoms with Crippen molar-refractivity contribution in [3.63, 3.8) is 0 Å². The minimum atomic E-state index is 0.187. The number of aryl methyl sites for hydroxylation is 4. The van der Waals surface area contributed by atoms with Crippen LogP contribution >= 0.6 is 11.8 Å². The molecule has 1 unspecified atom stereocenters. The average Bonchev–Trinajstić information content (AvgIpc) is 2.80. The van der Waals surface area contributed by atoms with E-state index in [1.807, 2.05) is 20.0 Å². The van der Waals surface area contributed by atoms with Gasteiger partial charge in [-0.3, -0.25) is 4.79 Å². The van der Waals surface area contributed by atoms with Crippen LogP contribution < -0.4 is 0 Å². The van der Waals surface area contributed by atoms with Gasteiger partial charge in [-0.05, 0) is 80.0 Å². The number of thioether (sulfide) groups is 1. The minimum Gasteiger partial charge on any atom is -0.471 e. The number of pyridine rings is 1. The molecule has 4 nitrogen and oxygen atoms in total. The van der Waals surface area contributed by atoms with Crippen molar-refractivity contribution >= 4 is 23.1 Å². The Morgan fingerprint density at radius 3 is 2.36 bits per heavy atom. The molecule has 2 aromatic rings. The van der Waals surface area contributed by atoms with Crippen molar-refractivity contribution in [2.24, 2.45) is 5.92 Å². The lowest BCUT2D eigenvalue weighted by atomic mass is 9.79. The van der Waals surface area contributed by atoms with Gasteiger partial charge in [-0.25, -0.2) is 4.98 Å². The van der Waals surface area contributed by atoms with Gasteiger partial charge in [-0.1, -0.05) is 37.6 Å². The van der Waals surface area contributed by atoms with Gasteiger partial charge in [0, 0.05) is 25.6 Å². The molecule has 0 amide bonds. The Balaban J connectivity index is 1.85. The lowest BCUT2D eigenvalue weighted by molar-refractivity contribution is -0.115. The fourth-order valence-corrected chi connectivity index (χ4v) is 5.41. The van der Waals surface area contributed by atoms with Crippen molar-refractivity contribution in [1.29, 1.82) is 0 Å². The number of nitrogens with zero attached hydrogens (tertiary/aromatic N) is 1. The van der Waals surface area contributed by atoms with Crippen LogP contribution in [0.25, 0.3) is 5.57 Å². The fraction of sp³-hybridized carbons (Fsp3) is 0.500. The normalized spacial score (nSPS) is 16.4. The van der Waals surface area contributed by atoms with Gasteiger partial charge < -0.3 is 9.47 Å².